The van der Waals surface area contributed by atoms with Gasteiger partial charge in [-0.2, -0.15) is 0 Å². The molecule has 0 heterocycles. The van der Waals surface area contributed by atoms with E-state index in [-0.39, 0.29) is 5.92 Å². The lowest BCUT2D eigenvalue weighted by Gasteiger charge is -2.33. The van der Waals surface area contributed by atoms with E-state index in [2.05, 4.69) is 50.4 Å². The van der Waals surface area contributed by atoms with Crippen LogP contribution in [0.25, 0.3) is 0 Å². The number of rotatable bonds is 6. The molecule has 1 fully saturated rings. The van der Waals surface area contributed by atoms with Gasteiger partial charge in [0.25, 0.3) is 0 Å². The molecule has 0 radical (unpaired) electrons. The Bertz CT molecular complexity index is 473. The van der Waals surface area contributed by atoms with Crippen molar-refractivity contribution in [1.82, 2.24) is 5.32 Å². The van der Waals surface area contributed by atoms with Crippen molar-refractivity contribution < 1.29 is 9.90 Å². The average Bonchev–Trinajstić information content (AvgIpc) is 2.53. The molecule has 0 aromatic heterocycles. The van der Waals surface area contributed by atoms with Gasteiger partial charge in [-0.05, 0) is 49.1 Å². The highest BCUT2D eigenvalue weighted by Crippen LogP contribution is 2.29. The highest BCUT2D eigenvalue weighted by Gasteiger charge is 2.28. The third-order valence-corrected chi connectivity index (χ3v) is 4.91. The molecule has 3 heteroatoms. The van der Waals surface area contributed by atoms with Crippen molar-refractivity contribution >= 4 is 5.97 Å². The van der Waals surface area contributed by atoms with Crippen LogP contribution in [0, 0.1) is 11.8 Å². The fraction of sp³-hybridized carbons (Fsp3) is 0.632. The molecule has 1 atom stereocenters. The van der Waals surface area contributed by atoms with Crippen LogP contribution in [0.2, 0.25) is 0 Å². The number of carboxylic acid groups (broad SMARTS) is 1. The van der Waals surface area contributed by atoms with Crippen molar-refractivity contribution in [3.05, 3.63) is 35.4 Å². The summed E-state index contributed by atoms with van der Waals surface area (Å²) in [4.78, 5) is 11.1. The van der Waals surface area contributed by atoms with Crippen LogP contribution in [0.1, 0.15) is 63.6 Å². The fourth-order valence-electron chi connectivity index (χ4n) is 3.40. The van der Waals surface area contributed by atoms with E-state index in [0.29, 0.717) is 18.0 Å². The number of aryl methyl sites for hydroxylation is 1. The van der Waals surface area contributed by atoms with Crippen LogP contribution in [0.5, 0.6) is 0 Å². The van der Waals surface area contributed by atoms with Gasteiger partial charge in [-0.15, -0.1) is 0 Å². The molecule has 0 bridgehead atoms. The largest absolute Gasteiger partial charge is 0.481 e. The molecule has 1 aromatic carbocycles. The van der Waals surface area contributed by atoms with Gasteiger partial charge in [0.2, 0.25) is 0 Å². The van der Waals surface area contributed by atoms with Gasteiger partial charge < -0.3 is 10.4 Å². The summed E-state index contributed by atoms with van der Waals surface area (Å²) in [6, 6.07) is 9.69. The number of nitrogens with one attached hydrogen (secondary N) is 1. The van der Waals surface area contributed by atoms with Gasteiger partial charge in [0, 0.05) is 12.1 Å². The van der Waals surface area contributed by atoms with Gasteiger partial charge in [0.15, 0.2) is 0 Å². The van der Waals surface area contributed by atoms with Crippen LogP contribution >= 0.6 is 0 Å². The van der Waals surface area contributed by atoms with Crippen molar-refractivity contribution in [2.24, 2.45) is 11.8 Å². The van der Waals surface area contributed by atoms with Crippen molar-refractivity contribution in [3.63, 3.8) is 0 Å². The predicted octanol–water partition coefficient (Wildman–Crippen LogP) is 4.18. The molecule has 0 amide bonds. The molecule has 1 saturated carbocycles. The molecule has 122 valence electrons. The summed E-state index contributed by atoms with van der Waals surface area (Å²) in [5.41, 5.74) is 2.71. The molecular formula is C19H29NO2. The molecule has 0 aliphatic heterocycles. The Labute approximate surface area is 134 Å². The molecule has 0 spiro atoms. The van der Waals surface area contributed by atoms with E-state index >= 15 is 0 Å². The summed E-state index contributed by atoms with van der Waals surface area (Å²) in [6.45, 7) is 6.66. The normalized spacial score (nSPS) is 23.5. The van der Waals surface area contributed by atoms with Crippen molar-refractivity contribution in [1.29, 1.82) is 0 Å². The maximum Gasteiger partial charge on any atom is 0.306 e. The first-order valence-electron chi connectivity index (χ1n) is 8.59. The molecule has 1 aromatic rings. The summed E-state index contributed by atoms with van der Waals surface area (Å²) in [7, 11) is 0. The Morgan fingerprint density at radius 1 is 1.18 bits per heavy atom. The van der Waals surface area contributed by atoms with Gasteiger partial charge in [-0.3, -0.25) is 4.79 Å². The predicted molar refractivity (Wildman–Crippen MR) is 89.9 cm³/mol. The van der Waals surface area contributed by atoms with E-state index in [9.17, 15) is 4.79 Å². The smallest absolute Gasteiger partial charge is 0.306 e. The monoisotopic (exact) mass is 303 g/mol. The highest BCUT2D eigenvalue weighted by atomic mass is 16.4. The standard InChI is InChI=1S/C19H29NO2/c1-4-14-5-7-15(8-6-14)18(13(2)3)20-17-11-9-16(10-12-17)19(21)22/h5-8,13,16-18,20H,4,9-12H2,1-3H3,(H,21,22). The Morgan fingerprint density at radius 2 is 1.77 bits per heavy atom. The molecule has 22 heavy (non-hydrogen) atoms. The Balaban J connectivity index is 1.99. The van der Waals surface area contributed by atoms with Gasteiger partial charge in [-0.25, -0.2) is 0 Å². The minimum absolute atomic E-state index is 0.139. The number of benzene rings is 1. The minimum Gasteiger partial charge on any atom is -0.481 e. The van der Waals surface area contributed by atoms with E-state index in [1.54, 1.807) is 0 Å². The third-order valence-electron chi connectivity index (χ3n) is 4.91. The van der Waals surface area contributed by atoms with Gasteiger partial charge in [-0.1, -0.05) is 45.0 Å². The molecule has 2 N–H and O–H groups in total. The molecule has 3 nitrogen and oxygen atoms in total. The van der Waals surface area contributed by atoms with Gasteiger partial charge >= 0.3 is 5.97 Å². The summed E-state index contributed by atoms with van der Waals surface area (Å²) in [5, 5.41) is 12.9. The minimum atomic E-state index is -0.631. The first-order valence-corrected chi connectivity index (χ1v) is 8.59. The van der Waals surface area contributed by atoms with Gasteiger partial charge in [0.1, 0.15) is 0 Å². The van der Waals surface area contributed by atoms with Crippen LogP contribution in [-0.2, 0) is 11.2 Å². The van der Waals surface area contributed by atoms with E-state index < -0.39 is 5.97 Å². The summed E-state index contributed by atoms with van der Waals surface area (Å²) in [6.07, 6.45) is 4.60. The molecule has 1 unspecified atom stereocenters. The molecule has 2 rings (SSSR count). The van der Waals surface area contributed by atoms with Crippen molar-refractivity contribution in [2.45, 2.75) is 65.0 Å². The lowest BCUT2D eigenvalue weighted by molar-refractivity contribution is -0.142. The van der Waals surface area contributed by atoms with E-state index in [0.717, 1.165) is 32.1 Å². The molecule has 0 saturated heterocycles. The van der Waals surface area contributed by atoms with Crippen LogP contribution in [0.3, 0.4) is 0 Å². The zero-order valence-corrected chi connectivity index (χ0v) is 14.0. The van der Waals surface area contributed by atoms with Crippen molar-refractivity contribution in [2.75, 3.05) is 0 Å². The number of hydrogen-bond acceptors (Lipinski definition) is 2. The Kier molecular flexibility index (Phi) is 6.01. The van der Waals surface area contributed by atoms with Gasteiger partial charge in [0.05, 0.1) is 5.92 Å². The lowest BCUT2D eigenvalue weighted by Crippen LogP contribution is -2.39. The summed E-state index contributed by atoms with van der Waals surface area (Å²) in [5.74, 6) is -0.252. The third kappa shape index (κ3) is 4.33. The van der Waals surface area contributed by atoms with E-state index in [1.807, 2.05) is 0 Å². The molecule has 1 aliphatic rings. The van der Waals surface area contributed by atoms with Crippen LogP contribution in [0.4, 0.5) is 0 Å². The average molecular weight is 303 g/mol. The topological polar surface area (TPSA) is 49.3 Å². The number of carbonyl (C=O) groups is 1. The SMILES string of the molecule is CCc1ccc(C(NC2CCC(C(=O)O)CC2)C(C)C)cc1. The second kappa shape index (κ2) is 7.77. The Hall–Kier alpha value is -1.35. The second-order valence-electron chi connectivity index (χ2n) is 6.87. The van der Waals surface area contributed by atoms with Crippen LogP contribution in [0.15, 0.2) is 24.3 Å². The fourth-order valence-corrected chi connectivity index (χ4v) is 3.40. The van der Waals surface area contributed by atoms with E-state index in [1.165, 1.54) is 11.1 Å². The highest BCUT2D eigenvalue weighted by molar-refractivity contribution is 5.70. The quantitative estimate of drug-likeness (QED) is 0.829. The van der Waals surface area contributed by atoms with E-state index in [4.69, 9.17) is 5.11 Å². The molecular weight excluding hydrogens is 274 g/mol. The first kappa shape index (κ1) is 17.0. The summed E-state index contributed by atoms with van der Waals surface area (Å²) < 4.78 is 0. The zero-order valence-electron chi connectivity index (χ0n) is 14.0. The number of hydrogen-bond donors (Lipinski definition) is 2. The van der Waals surface area contributed by atoms with Crippen molar-refractivity contribution in [3.8, 4) is 0 Å². The lowest BCUT2D eigenvalue weighted by atomic mass is 9.84. The number of carboxylic acids is 1. The van der Waals surface area contributed by atoms with Crippen LogP contribution in [-0.4, -0.2) is 17.1 Å². The maximum atomic E-state index is 11.1. The first-order chi connectivity index (χ1) is 10.5. The molecule has 1 aliphatic carbocycles. The van der Waals surface area contributed by atoms with Crippen LogP contribution < -0.4 is 5.32 Å². The number of aliphatic carboxylic acids is 1. The Morgan fingerprint density at radius 3 is 2.23 bits per heavy atom. The summed E-state index contributed by atoms with van der Waals surface area (Å²) >= 11 is 0. The zero-order chi connectivity index (χ0) is 16.1. The second-order valence-corrected chi connectivity index (χ2v) is 6.87. The maximum absolute atomic E-state index is 11.1.